The molecule has 2 rings (SSSR count). The minimum Gasteiger partial charge on any atom is -0.453 e. The molecule has 0 N–H and O–H groups in total. The molecule has 100 valence electrons. The molecular weight excluding hydrogens is 332 g/mol. The van der Waals surface area contributed by atoms with E-state index in [-0.39, 0.29) is 17.1 Å². The SMILES string of the molecule is O=Cc1ccc(-c2ccc(Br)c(C(F)(F)F)c2F)o1. The van der Waals surface area contributed by atoms with Crippen LogP contribution in [-0.4, -0.2) is 6.29 Å². The number of furan rings is 1. The molecule has 0 spiro atoms. The fraction of sp³-hybridized carbons (Fsp3) is 0.0833. The fourth-order valence-corrected chi connectivity index (χ4v) is 2.09. The predicted molar refractivity (Wildman–Crippen MR) is 62.2 cm³/mol. The molecule has 1 aromatic heterocycles. The van der Waals surface area contributed by atoms with Crippen LogP contribution in [0.4, 0.5) is 17.6 Å². The molecule has 7 heteroatoms. The Labute approximate surface area is 113 Å². The van der Waals surface area contributed by atoms with E-state index in [1.165, 1.54) is 12.1 Å². The van der Waals surface area contributed by atoms with Gasteiger partial charge >= 0.3 is 6.18 Å². The Balaban J connectivity index is 2.63. The average molecular weight is 337 g/mol. The summed E-state index contributed by atoms with van der Waals surface area (Å²) in [6, 6.07) is 4.69. The van der Waals surface area contributed by atoms with Crippen molar-refractivity contribution in [3.63, 3.8) is 0 Å². The van der Waals surface area contributed by atoms with Crippen LogP contribution in [0.5, 0.6) is 0 Å². The van der Waals surface area contributed by atoms with Crippen LogP contribution in [-0.2, 0) is 6.18 Å². The van der Waals surface area contributed by atoms with E-state index in [4.69, 9.17) is 4.42 Å². The summed E-state index contributed by atoms with van der Waals surface area (Å²) in [7, 11) is 0. The lowest BCUT2D eigenvalue weighted by Crippen LogP contribution is -2.10. The molecule has 1 aromatic carbocycles. The van der Waals surface area contributed by atoms with Gasteiger partial charge in [-0.15, -0.1) is 0 Å². The lowest BCUT2D eigenvalue weighted by molar-refractivity contribution is -0.140. The lowest BCUT2D eigenvalue weighted by Gasteiger charge is -2.12. The van der Waals surface area contributed by atoms with E-state index in [9.17, 15) is 22.4 Å². The smallest absolute Gasteiger partial charge is 0.420 e. The van der Waals surface area contributed by atoms with Gasteiger partial charge in [-0.2, -0.15) is 13.2 Å². The first-order valence-electron chi connectivity index (χ1n) is 4.95. The first-order valence-corrected chi connectivity index (χ1v) is 5.74. The zero-order chi connectivity index (χ0) is 14.2. The summed E-state index contributed by atoms with van der Waals surface area (Å²) in [5.41, 5.74) is -1.77. The van der Waals surface area contributed by atoms with Gasteiger partial charge in [-0.05, 0) is 24.3 Å². The van der Waals surface area contributed by atoms with Crippen LogP contribution in [0.25, 0.3) is 11.3 Å². The maximum absolute atomic E-state index is 13.9. The van der Waals surface area contributed by atoms with E-state index in [0.29, 0.717) is 6.29 Å². The lowest BCUT2D eigenvalue weighted by atomic mass is 10.1. The number of halogens is 5. The molecule has 0 saturated carbocycles. The normalized spacial score (nSPS) is 11.6. The number of rotatable bonds is 2. The van der Waals surface area contributed by atoms with Gasteiger partial charge in [0.25, 0.3) is 0 Å². The molecular formula is C12H5BrF4O2. The van der Waals surface area contributed by atoms with Crippen molar-refractivity contribution < 1.29 is 26.8 Å². The Morgan fingerprint density at radius 3 is 2.37 bits per heavy atom. The van der Waals surface area contributed by atoms with Crippen LogP contribution < -0.4 is 0 Å². The van der Waals surface area contributed by atoms with E-state index < -0.39 is 22.0 Å². The van der Waals surface area contributed by atoms with Crippen LogP contribution in [0.3, 0.4) is 0 Å². The van der Waals surface area contributed by atoms with Crippen molar-refractivity contribution in [2.24, 2.45) is 0 Å². The fourth-order valence-electron chi connectivity index (χ4n) is 1.56. The van der Waals surface area contributed by atoms with Gasteiger partial charge < -0.3 is 4.42 Å². The molecule has 0 aliphatic heterocycles. The van der Waals surface area contributed by atoms with Gasteiger partial charge in [0, 0.05) is 4.47 Å². The van der Waals surface area contributed by atoms with Gasteiger partial charge in [0.2, 0.25) is 0 Å². The number of alkyl halides is 3. The Hall–Kier alpha value is -1.63. The highest BCUT2D eigenvalue weighted by Crippen LogP contribution is 2.40. The maximum atomic E-state index is 13.9. The number of hydrogen-bond acceptors (Lipinski definition) is 2. The molecule has 19 heavy (non-hydrogen) atoms. The quantitative estimate of drug-likeness (QED) is 0.588. The van der Waals surface area contributed by atoms with E-state index in [0.717, 1.165) is 12.1 Å². The average Bonchev–Trinajstić information content (AvgIpc) is 2.75. The minimum absolute atomic E-state index is 0.0918. The summed E-state index contributed by atoms with van der Waals surface area (Å²) in [6.45, 7) is 0. The topological polar surface area (TPSA) is 30.2 Å². The second-order valence-electron chi connectivity index (χ2n) is 3.60. The third-order valence-electron chi connectivity index (χ3n) is 2.38. The van der Waals surface area contributed by atoms with Crippen molar-refractivity contribution in [1.29, 1.82) is 0 Å². The van der Waals surface area contributed by atoms with Crippen LogP contribution in [0.2, 0.25) is 0 Å². The summed E-state index contributed by atoms with van der Waals surface area (Å²) < 4.78 is 56.6. The van der Waals surface area contributed by atoms with Crippen LogP contribution in [0.1, 0.15) is 16.1 Å². The van der Waals surface area contributed by atoms with Crippen molar-refractivity contribution >= 4 is 22.2 Å². The molecule has 2 nitrogen and oxygen atoms in total. The summed E-state index contributed by atoms with van der Waals surface area (Å²) in [5, 5.41) is 0. The van der Waals surface area contributed by atoms with E-state index in [1.807, 2.05) is 0 Å². The summed E-state index contributed by atoms with van der Waals surface area (Å²) in [6.07, 6.45) is -4.45. The molecule has 0 aliphatic carbocycles. The van der Waals surface area contributed by atoms with Gasteiger partial charge in [-0.3, -0.25) is 4.79 Å². The highest BCUT2D eigenvalue weighted by molar-refractivity contribution is 9.10. The maximum Gasteiger partial charge on any atom is 0.420 e. The van der Waals surface area contributed by atoms with Crippen molar-refractivity contribution in [3.8, 4) is 11.3 Å². The van der Waals surface area contributed by atoms with E-state index in [2.05, 4.69) is 15.9 Å². The molecule has 0 fully saturated rings. The second kappa shape index (κ2) is 4.80. The largest absolute Gasteiger partial charge is 0.453 e. The first kappa shape index (κ1) is 13.8. The number of carbonyl (C=O) groups is 1. The monoisotopic (exact) mass is 336 g/mol. The van der Waals surface area contributed by atoms with E-state index >= 15 is 0 Å². The van der Waals surface area contributed by atoms with Crippen molar-refractivity contribution in [3.05, 3.63) is 45.9 Å². The third-order valence-corrected chi connectivity index (χ3v) is 3.04. The molecule has 0 amide bonds. The van der Waals surface area contributed by atoms with Gasteiger partial charge in [-0.25, -0.2) is 4.39 Å². The van der Waals surface area contributed by atoms with Crippen molar-refractivity contribution in [2.45, 2.75) is 6.18 Å². The molecule has 0 atom stereocenters. The Morgan fingerprint density at radius 2 is 1.84 bits per heavy atom. The number of hydrogen-bond donors (Lipinski definition) is 0. The van der Waals surface area contributed by atoms with Crippen LogP contribution >= 0.6 is 15.9 Å². The van der Waals surface area contributed by atoms with Gasteiger partial charge in [0.05, 0.1) is 5.56 Å². The summed E-state index contributed by atoms with van der Waals surface area (Å²) >= 11 is 2.66. The standard InChI is InChI=1S/C12H5BrF4O2/c13-8-3-2-7(9-4-1-6(5-18)19-9)11(14)10(8)12(15,16)17/h1-5H. The summed E-state index contributed by atoms with van der Waals surface area (Å²) in [4.78, 5) is 10.4. The second-order valence-corrected chi connectivity index (χ2v) is 4.46. The van der Waals surface area contributed by atoms with Crippen molar-refractivity contribution in [1.82, 2.24) is 0 Å². The Kier molecular flexibility index (Phi) is 3.49. The number of aldehydes is 1. The van der Waals surface area contributed by atoms with Crippen LogP contribution in [0, 0.1) is 5.82 Å². The van der Waals surface area contributed by atoms with Crippen molar-refractivity contribution in [2.75, 3.05) is 0 Å². The molecule has 1 heterocycles. The van der Waals surface area contributed by atoms with Gasteiger partial charge in [-0.1, -0.05) is 15.9 Å². The zero-order valence-electron chi connectivity index (χ0n) is 9.09. The predicted octanol–water partition coefficient (Wildman–Crippen LogP) is 4.68. The Morgan fingerprint density at radius 1 is 1.16 bits per heavy atom. The number of carbonyl (C=O) groups excluding carboxylic acids is 1. The molecule has 0 radical (unpaired) electrons. The minimum atomic E-state index is -4.83. The molecule has 0 bridgehead atoms. The van der Waals surface area contributed by atoms with Gasteiger partial charge in [0.15, 0.2) is 12.0 Å². The number of benzene rings is 1. The van der Waals surface area contributed by atoms with Crippen LogP contribution in [0.15, 0.2) is 33.2 Å². The van der Waals surface area contributed by atoms with Gasteiger partial charge in [0.1, 0.15) is 17.1 Å². The molecule has 0 saturated heterocycles. The Bertz CT molecular complexity index is 631. The third kappa shape index (κ3) is 2.56. The zero-order valence-corrected chi connectivity index (χ0v) is 10.7. The highest BCUT2D eigenvalue weighted by atomic mass is 79.9. The molecule has 2 aromatic rings. The summed E-state index contributed by atoms with van der Waals surface area (Å²) in [5.74, 6) is -1.68. The first-order chi connectivity index (χ1) is 8.84. The van der Waals surface area contributed by atoms with E-state index in [1.54, 1.807) is 0 Å². The molecule has 0 unspecified atom stereocenters. The molecule has 0 aliphatic rings. The highest BCUT2D eigenvalue weighted by Gasteiger charge is 2.38.